The lowest BCUT2D eigenvalue weighted by molar-refractivity contribution is -0.121. The second-order valence-corrected chi connectivity index (χ2v) is 3.38. The molecule has 14 heavy (non-hydrogen) atoms. The number of ketones is 1. The number of carbonyl (C=O) groups excluding carboxylic acids is 1. The van der Waals surface area contributed by atoms with Gasteiger partial charge in [0.1, 0.15) is 5.78 Å². The maximum Gasteiger partial charge on any atom is 0.133 e. The van der Waals surface area contributed by atoms with E-state index in [0.717, 1.165) is 5.56 Å². The molecular formula is C11H15NO2. The van der Waals surface area contributed by atoms with Crippen molar-refractivity contribution in [2.45, 2.75) is 19.8 Å². The number of Topliss-reactive ketones (excluding diaryl/α,β-unsaturated/α-hetero) is 1. The molecule has 76 valence electrons. The Morgan fingerprint density at radius 2 is 2.14 bits per heavy atom. The molecule has 0 aliphatic carbocycles. The van der Waals surface area contributed by atoms with Crippen LogP contribution in [0.4, 0.5) is 0 Å². The first-order valence-electron chi connectivity index (χ1n) is 4.74. The molecule has 1 unspecified atom stereocenters. The molecule has 0 bridgehead atoms. The molecule has 0 radical (unpaired) electrons. The maximum absolute atomic E-state index is 11.2. The zero-order chi connectivity index (χ0) is 10.4. The quantitative estimate of drug-likeness (QED) is 0.764. The van der Waals surface area contributed by atoms with E-state index in [1.165, 1.54) is 0 Å². The lowest BCUT2D eigenvalue weighted by Gasteiger charge is -2.11. The van der Waals surface area contributed by atoms with Crippen LogP contribution in [0.1, 0.15) is 18.9 Å². The zero-order valence-corrected chi connectivity index (χ0v) is 8.31. The van der Waals surface area contributed by atoms with Crippen LogP contribution in [-0.2, 0) is 11.2 Å². The van der Waals surface area contributed by atoms with Crippen LogP contribution in [-0.4, -0.2) is 22.5 Å². The van der Waals surface area contributed by atoms with Crippen LogP contribution in [0, 0.1) is 5.92 Å². The lowest BCUT2D eigenvalue weighted by atomic mass is 9.94. The first-order valence-corrected chi connectivity index (χ1v) is 4.74. The lowest BCUT2D eigenvalue weighted by Crippen LogP contribution is -2.15. The van der Waals surface area contributed by atoms with Gasteiger partial charge in [0.2, 0.25) is 0 Å². The van der Waals surface area contributed by atoms with E-state index in [0.29, 0.717) is 12.8 Å². The Morgan fingerprint density at radius 3 is 2.64 bits per heavy atom. The SMILES string of the molecule is CC(=O)C(CCO)Cc1ccncc1. The summed E-state index contributed by atoms with van der Waals surface area (Å²) in [6.07, 6.45) is 4.66. The van der Waals surface area contributed by atoms with Crippen molar-refractivity contribution in [3.63, 3.8) is 0 Å². The Hall–Kier alpha value is -1.22. The van der Waals surface area contributed by atoms with Crippen molar-refractivity contribution < 1.29 is 9.90 Å². The van der Waals surface area contributed by atoms with E-state index in [9.17, 15) is 4.79 Å². The van der Waals surface area contributed by atoms with Gasteiger partial charge in [0.05, 0.1) is 0 Å². The summed E-state index contributed by atoms with van der Waals surface area (Å²) in [6.45, 7) is 1.64. The summed E-state index contributed by atoms with van der Waals surface area (Å²) in [6, 6.07) is 3.79. The molecule has 0 aromatic carbocycles. The monoisotopic (exact) mass is 193 g/mol. The molecule has 1 heterocycles. The smallest absolute Gasteiger partial charge is 0.133 e. The summed E-state index contributed by atoms with van der Waals surface area (Å²) in [5.41, 5.74) is 1.09. The maximum atomic E-state index is 11.2. The highest BCUT2D eigenvalue weighted by atomic mass is 16.3. The highest BCUT2D eigenvalue weighted by molar-refractivity contribution is 5.78. The van der Waals surface area contributed by atoms with Crippen molar-refractivity contribution in [3.8, 4) is 0 Å². The van der Waals surface area contributed by atoms with E-state index in [-0.39, 0.29) is 18.3 Å². The Balaban J connectivity index is 2.60. The molecule has 0 aliphatic rings. The van der Waals surface area contributed by atoms with Crippen LogP contribution in [0.5, 0.6) is 0 Å². The Morgan fingerprint density at radius 1 is 1.50 bits per heavy atom. The highest BCUT2D eigenvalue weighted by Gasteiger charge is 2.13. The van der Waals surface area contributed by atoms with E-state index < -0.39 is 0 Å². The third-order valence-corrected chi connectivity index (χ3v) is 2.28. The molecule has 0 fully saturated rings. The fourth-order valence-electron chi connectivity index (χ4n) is 1.41. The first-order chi connectivity index (χ1) is 6.74. The van der Waals surface area contributed by atoms with Gasteiger partial charge in [0.25, 0.3) is 0 Å². The Kier molecular flexibility index (Phi) is 4.26. The van der Waals surface area contributed by atoms with Gasteiger partial charge in [-0.25, -0.2) is 0 Å². The van der Waals surface area contributed by atoms with Gasteiger partial charge < -0.3 is 5.11 Å². The number of hydrogen-bond acceptors (Lipinski definition) is 3. The van der Waals surface area contributed by atoms with Crippen LogP contribution < -0.4 is 0 Å². The van der Waals surface area contributed by atoms with E-state index in [4.69, 9.17) is 5.11 Å². The predicted molar refractivity (Wildman–Crippen MR) is 53.8 cm³/mol. The van der Waals surface area contributed by atoms with E-state index in [1.54, 1.807) is 19.3 Å². The number of aliphatic hydroxyl groups is 1. The van der Waals surface area contributed by atoms with Gasteiger partial charge in [-0.15, -0.1) is 0 Å². The van der Waals surface area contributed by atoms with Crippen molar-refractivity contribution in [1.29, 1.82) is 0 Å². The number of nitrogens with zero attached hydrogens (tertiary/aromatic N) is 1. The van der Waals surface area contributed by atoms with Gasteiger partial charge in [-0.2, -0.15) is 0 Å². The van der Waals surface area contributed by atoms with Crippen molar-refractivity contribution >= 4 is 5.78 Å². The molecular weight excluding hydrogens is 178 g/mol. The van der Waals surface area contributed by atoms with Gasteiger partial charge >= 0.3 is 0 Å². The Labute approximate surface area is 83.8 Å². The predicted octanol–water partition coefficient (Wildman–Crippen LogP) is 1.21. The topological polar surface area (TPSA) is 50.2 Å². The van der Waals surface area contributed by atoms with Crippen LogP contribution in [0.3, 0.4) is 0 Å². The van der Waals surface area contributed by atoms with Crippen LogP contribution >= 0.6 is 0 Å². The second-order valence-electron chi connectivity index (χ2n) is 3.38. The van der Waals surface area contributed by atoms with Crippen molar-refractivity contribution in [2.75, 3.05) is 6.61 Å². The summed E-state index contributed by atoms with van der Waals surface area (Å²) in [7, 11) is 0. The average molecular weight is 193 g/mol. The largest absolute Gasteiger partial charge is 0.396 e. The molecule has 1 aromatic rings. The minimum atomic E-state index is -0.0672. The Bertz CT molecular complexity index is 285. The van der Waals surface area contributed by atoms with E-state index >= 15 is 0 Å². The van der Waals surface area contributed by atoms with Gasteiger partial charge in [0.15, 0.2) is 0 Å². The van der Waals surface area contributed by atoms with Crippen molar-refractivity contribution in [2.24, 2.45) is 5.92 Å². The molecule has 1 atom stereocenters. The number of pyridine rings is 1. The van der Waals surface area contributed by atoms with Gasteiger partial charge in [-0.05, 0) is 37.5 Å². The minimum Gasteiger partial charge on any atom is -0.396 e. The molecule has 3 nitrogen and oxygen atoms in total. The standard InChI is InChI=1S/C11H15NO2/c1-9(14)11(4-7-13)8-10-2-5-12-6-3-10/h2-3,5-6,11,13H,4,7-8H2,1H3. The summed E-state index contributed by atoms with van der Waals surface area (Å²) >= 11 is 0. The molecule has 1 aromatic heterocycles. The summed E-state index contributed by atoms with van der Waals surface area (Å²) in [4.78, 5) is 15.1. The van der Waals surface area contributed by atoms with Crippen LogP contribution in [0.2, 0.25) is 0 Å². The van der Waals surface area contributed by atoms with Gasteiger partial charge in [-0.1, -0.05) is 0 Å². The summed E-state index contributed by atoms with van der Waals surface area (Å²) in [5.74, 6) is 0.0678. The normalized spacial score (nSPS) is 12.4. The molecule has 1 N–H and O–H groups in total. The molecule has 1 rings (SSSR count). The van der Waals surface area contributed by atoms with E-state index in [1.807, 2.05) is 12.1 Å². The number of rotatable bonds is 5. The van der Waals surface area contributed by atoms with Crippen LogP contribution in [0.25, 0.3) is 0 Å². The summed E-state index contributed by atoms with van der Waals surface area (Å²) < 4.78 is 0. The number of carbonyl (C=O) groups is 1. The van der Waals surface area contributed by atoms with Gasteiger partial charge in [-0.3, -0.25) is 9.78 Å². The molecule has 0 saturated carbocycles. The third kappa shape index (κ3) is 3.26. The zero-order valence-electron chi connectivity index (χ0n) is 8.31. The number of aromatic nitrogens is 1. The fraction of sp³-hybridized carbons (Fsp3) is 0.455. The molecule has 0 spiro atoms. The average Bonchev–Trinajstić information content (AvgIpc) is 2.18. The fourth-order valence-corrected chi connectivity index (χ4v) is 1.41. The first kappa shape index (κ1) is 10.9. The molecule has 0 amide bonds. The number of hydrogen-bond donors (Lipinski definition) is 1. The molecule has 3 heteroatoms. The third-order valence-electron chi connectivity index (χ3n) is 2.28. The molecule has 0 saturated heterocycles. The highest BCUT2D eigenvalue weighted by Crippen LogP contribution is 2.12. The van der Waals surface area contributed by atoms with Crippen molar-refractivity contribution in [3.05, 3.63) is 30.1 Å². The van der Waals surface area contributed by atoms with Crippen molar-refractivity contribution in [1.82, 2.24) is 4.98 Å². The minimum absolute atomic E-state index is 0.0648. The van der Waals surface area contributed by atoms with Gasteiger partial charge in [0, 0.05) is 24.9 Å². The molecule has 0 aliphatic heterocycles. The van der Waals surface area contributed by atoms with Crippen LogP contribution in [0.15, 0.2) is 24.5 Å². The second kappa shape index (κ2) is 5.50. The van der Waals surface area contributed by atoms with E-state index in [2.05, 4.69) is 4.98 Å². The summed E-state index contributed by atoms with van der Waals surface area (Å²) in [5, 5.41) is 8.80. The number of aliphatic hydroxyl groups excluding tert-OH is 1.